The Morgan fingerprint density at radius 3 is 1.96 bits per heavy atom. The van der Waals surface area contributed by atoms with Gasteiger partial charge in [-0.25, -0.2) is 9.98 Å². The van der Waals surface area contributed by atoms with E-state index in [1.165, 1.54) is 5.56 Å². The molecule has 0 radical (unpaired) electrons. The number of fused-ring (bicyclic) bond motifs is 7. The summed E-state index contributed by atoms with van der Waals surface area (Å²) in [7, 11) is 0. The number of hydrogen-bond donors (Lipinski definition) is 1. The van der Waals surface area contributed by atoms with Crippen LogP contribution in [-0.2, 0) is 0 Å². The van der Waals surface area contributed by atoms with Crippen LogP contribution in [-0.4, -0.2) is 11.7 Å². The molecule has 1 N–H and O–H groups in total. The summed E-state index contributed by atoms with van der Waals surface area (Å²) in [5.41, 5.74) is 10.7. The number of para-hydroxylation sites is 2. The zero-order valence-electron chi connectivity index (χ0n) is 29.0. The Bertz CT molecular complexity index is 3120. The van der Waals surface area contributed by atoms with Crippen molar-refractivity contribution in [1.29, 1.82) is 0 Å². The lowest BCUT2D eigenvalue weighted by Gasteiger charge is -2.24. The highest BCUT2D eigenvalue weighted by Gasteiger charge is 2.25. The maximum Gasteiger partial charge on any atom is 0.159 e. The van der Waals surface area contributed by atoms with Gasteiger partial charge in [-0.2, -0.15) is 0 Å². The molecule has 54 heavy (non-hydrogen) atoms. The second-order valence-electron chi connectivity index (χ2n) is 13.7. The fourth-order valence-corrected chi connectivity index (χ4v) is 8.04. The Labute approximate surface area is 310 Å². The van der Waals surface area contributed by atoms with Crippen LogP contribution < -0.4 is 5.32 Å². The van der Waals surface area contributed by atoms with Crippen molar-refractivity contribution >= 4 is 66.3 Å². The van der Waals surface area contributed by atoms with E-state index >= 15 is 0 Å². The molecule has 0 aliphatic carbocycles. The molecule has 10 aromatic rings. The molecule has 11 rings (SSSR count). The molecule has 1 aliphatic rings. The predicted molar refractivity (Wildman–Crippen MR) is 221 cm³/mol. The second kappa shape index (κ2) is 12.2. The van der Waals surface area contributed by atoms with Crippen molar-refractivity contribution in [1.82, 2.24) is 5.32 Å². The third kappa shape index (κ3) is 4.86. The van der Waals surface area contributed by atoms with Gasteiger partial charge in [-0.1, -0.05) is 158 Å². The van der Waals surface area contributed by atoms with E-state index in [1.807, 2.05) is 48.5 Å². The van der Waals surface area contributed by atoms with Crippen LogP contribution in [0, 0.1) is 0 Å². The molecule has 5 nitrogen and oxygen atoms in total. The SMILES string of the molecule is c1ccc(-c2ccc(C3=NC(c4ccccc4)NC(c4cccc5oc6c(-c7c8ccccc8cc8oc9ccccc9c78)cccc6c45)=N3)cc2)cc1. The number of furan rings is 2. The molecule has 0 saturated heterocycles. The van der Waals surface area contributed by atoms with Gasteiger partial charge >= 0.3 is 0 Å². The molecule has 0 bridgehead atoms. The summed E-state index contributed by atoms with van der Waals surface area (Å²) >= 11 is 0. The Balaban J connectivity index is 1.11. The van der Waals surface area contributed by atoms with Gasteiger partial charge in [-0.05, 0) is 45.7 Å². The van der Waals surface area contributed by atoms with Gasteiger partial charge in [0.05, 0.1) is 0 Å². The van der Waals surface area contributed by atoms with E-state index < -0.39 is 0 Å². The summed E-state index contributed by atoms with van der Waals surface area (Å²) in [6.07, 6.45) is -0.329. The van der Waals surface area contributed by atoms with Gasteiger partial charge in [-0.3, -0.25) is 0 Å². The van der Waals surface area contributed by atoms with Crippen molar-refractivity contribution in [2.24, 2.45) is 9.98 Å². The van der Waals surface area contributed by atoms with Gasteiger partial charge in [0.15, 0.2) is 5.84 Å². The number of aliphatic imine (C=N–C) groups is 2. The molecule has 5 heteroatoms. The lowest BCUT2D eigenvalue weighted by molar-refractivity contribution is 0.668. The number of benzene rings is 8. The second-order valence-corrected chi connectivity index (χ2v) is 13.7. The molecule has 0 saturated carbocycles. The van der Waals surface area contributed by atoms with E-state index in [4.69, 9.17) is 18.8 Å². The first-order chi connectivity index (χ1) is 26.8. The average molecular weight is 694 g/mol. The molecule has 8 aromatic carbocycles. The molecule has 0 spiro atoms. The first-order valence-corrected chi connectivity index (χ1v) is 18.2. The van der Waals surface area contributed by atoms with Crippen molar-refractivity contribution in [3.05, 3.63) is 193 Å². The minimum absolute atomic E-state index is 0.329. The number of rotatable bonds is 5. The topological polar surface area (TPSA) is 63.0 Å². The summed E-state index contributed by atoms with van der Waals surface area (Å²) in [4.78, 5) is 10.4. The van der Waals surface area contributed by atoms with Crippen molar-refractivity contribution in [3.8, 4) is 22.3 Å². The third-order valence-electron chi connectivity index (χ3n) is 10.5. The molecule has 3 heterocycles. The highest BCUT2D eigenvalue weighted by Crippen LogP contribution is 2.46. The molecular weight excluding hydrogens is 663 g/mol. The summed E-state index contributed by atoms with van der Waals surface area (Å²) in [5, 5.41) is 10.1. The zero-order valence-corrected chi connectivity index (χ0v) is 29.0. The molecule has 0 amide bonds. The summed E-state index contributed by atoms with van der Waals surface area (Å²) < 4.78 is 13.3. The predicted octanol–water partition coefficient (Wildman–Crippen LogP) is 12.5. The van der Waals surface area contributed by atoms with Gasteiger partial charge in [0.25, 0.3) is 0 Å². The molecule has 2 aromatic heterocycles. The standard InChI is InChI=1S/C49H31N3O2/c1-3-13-30(14-4-1)31-25-27-33(28-26-31)48-50-47(32-15-5-2-6-16-32)51-49(52-48)39-22-12-24-41-43(39)37-20-11-21-38(46(37)54-41)44-35-18-8-7-17-34(35)29-42-45(44)36-19-9-10-23-40(36)53-42/h1-29,47H,(H,50,51,52). The third-order valence-corrected chi connectivity index (χ3v) is 10.5. The highest BCUT2D eigenvalue weighted by molar-refractivity contribution is 6.26. The van der Waals surface area contributed by atoms with E-state index in [0.717, 1.165) is 93.9 Å². The summed E-state index contributed by atoms with van der Waals surface area (Å²) in [6, 6.07) is 60.8. The van der Waals surface area contributed by atoms with Crippen LogP contribution in [0.4, 0.5) is 0 Å². The van der Waals surface area contributed by atoms with Crippen LogP contribution in [0.2, 0.25) is 0 Å². The minimum atomic E-state index is -0.329. The smallest absolute Gasteiger partial charge is 0.159 e. The van der Waals surface area contributed by atoms with Gasteiger partial charge in [0.2, 0.25) is 0 Å². The van der Waals surface area contributed by atoms with Gasteiger partial charge in [0.1, 0.15) is 34.3 Å². The van der Waals surface area contributed by atoms with Crippen molar-refractivity contribution in [2.75, 3.05) is 0 Å². The number of hydrogen-bond acceptors (Lipinski definition) is 5. The number of amidine groups is 2. The first kappa shape index (κ1) is 30.4. The van der Waals surface area contributed by atoms with E-state index in [0.29, 0.717) is 5.84 Å². The molecule has 254 valence electrons. The van der Waals surface area contributed by atoms with Crippen LogP contribution in [0.25, 0.3) is 76.9 Å². The largest absolute Gasteiger partial charge is 0.456 e. The van der Waals surface area contributed by atoms with E-state index in [2.05, 4.69) is 133 Å². The molecule has 0 fully saturated rings. The molecule has 1 atom stereocenters. The highest BCUT2D eigenvalue weighted by atomic mass is 16.3. The van der Waals surface area contributed by atoms with Gasteiger partial charge < -0.3 is 14.2 Å². The van der Waals surface area contributed by atoms with Crippen LogP contribution in [0.3, 0.4) is 0 Å². The van der Waals surface area contributed by atoms with Crippen LogP contribution in [0.15, 0.2) is 195 Å². The van der Waals surface area contributed by atoms with Gasteiger partial charge in [0, 0.05) is 43.8 Å². The zero-order chi connectivity index (χ0) is 35.6. The lowest BCUT2D eigenvalue weighted by Crippen LogP contribution is -2.33. The maximum absolute atomic E-state index is 6.89. The van der Waals surface area contributed by atoms with E-state index in [1.54, 1.807) is 0 Å². The maximum atomic E-state index is 6.89. The monoisotopic (exact) mass is 693 g/mol. The van der Waals surface area contributed by atoms with Crippen LogP contribution in [0.5, 0.6) is 0 Å². The normalized spacial score (nSPS) is 14.5. The van der Waals surface area contributed by atoms with Crippen molar-refractivity contribution < 1.29 is 8.83 Å². The number of nitrogens with zero attached hydrogens (tertiary/aromatic N) is 2. The molecular formula is C49H31N3O2. The lowest BCUT2D eigenvalue weighted by atomic mass is 9.92. The molecule has 1 unspecified atom stereocenters. The van der Waals surface area contributed by atoms with Gasteiger partial charge in [-0.15, -0.1) is 0 Å². The van der Waals surface area contributed by atoms with Crippen LogP contribution in [0.1, 0.15) is 22.9 Å². The summed E-state index contributed by atoms with van der Waals surface area (Å²) in [6.45, 7) is 0. The summed E-state index contributed by atoms with van der Waals surface area (Å²) in [5.74, 6) is 1.42. The first-order valence-electron chi connectivity index (χ1n) is 18.2. The number of nitrogens with one attached hydrogen (secondary N) is 1. The van der Waals surface area contributed by atoms with Crippen molar-refractivity contribution in [2.45, 2.75) is 6.17 Å². The Morgan fingerprint density at radius 1 is 0.463 bits per heavy atom. The Morgan fingerprint density at radius 2 is 1.11 bits per heavy atom. The average Bonchev–Trinajstić information content (AvgIpc) is 3.82. The minimum Gasteiger partial charge on any atom is -0.456 e. The fraction of sp³-hybridized carbons (Fsp3) is 0.0204. The van der Waals surface area contributed by atoms with Crippen molar-refractivity contribution in [3.63, 3.8) is 0 Å². The Kier molecular flexibility index (Phi) is 6.85. The quantitative estimate of drug-likeness (QED) is 0.195. The van der Waals surface area contributed by atoms with E-state index in [-0.39, 0.29) is 6.17 Å². The van der Waals surface area contributed by atoms with Crippen LogP contribution >= 0.6 is 0 Å². The fourth-order valence-electron chi connectivity index (χ4n) is 8.04. The Hall–Kier alpha value is -7.24. The molecule has 1 aliphatic heterocycles. The van der Waals surface area contributed by atoms with E-state index in [9.17, 15) is 0 Å².